The number of alkyl halides is 3. The molecule has 2 amide bonds. The van der Waals surface area contributed by atoms with Crippen LogP contribution in [0.3, 0.4) is 0 Å². The molecule has 144 valence electrons. The van der Waals surface area contributed by atoms with Crippen LogP contribution in [0.25, 0.3) is 0 Å². The topological polar surface area (TPSA) is 49.4 Å². The van der Waals surface area contributed by atoms with E-state index in [9.17, 15) is 22.8 Å². The molecule has 2 rings (SSSR count). The number of anilines is 1. The molecule has 0 aliphatic carbocycles. The molecule has 1 N–H and O–H groups in total. The van der Waals surface area contributed by atoms with Gasteiger partial charge in [0.2, 0.25) is 11.8 Å². The SMILES string of the molecule is CC(=O)N(CC(=O)Nc1ccc(Cl)cc1C(F)(F)F)Cc1cccc(C)c1. The predicted octanol–water partition coefficient (Wildman–Crippen LogP) is 4.65. The Bertz CT molecular complexity index is 853. The van der Waals surface area contributed by atoms with E-state index in [2.05, 4.69) is 5.32 Å². The summed E-state index contributed by atoms with van der Waals surface area (Å²) >= 11 is 5.62. The number of nitrogens with zero attached hydrogens (tertiary/aromatic N) is 1. The minimum Gasteiger partial charge on any atom is -0.329 e. The van der Waals surface area contributed by atoms with Gasteiger partial charge >= 0.3 is 6.18 Å². The van der Waals surface area contributed by atoms with Crippen molar-refractivity contribution in [2.24, 2.45) is 0 Å². The van der Waals surface area contributed by atoms with Gasteiger partial charge in [-0.15, -0.1) is 0 Å². The summed E-state index contributed by atoms with van der Waals surface area (Å²) in [6, 6.07) is 10.5. The zero-order valence-electron chi connectivity index (χ0n) is 14.7. The van der Waals surface area contributed by atoms with Gasteiger partial charge in [0.05, 0.1) is 11.3 Å². The Balaban J connectivity index is 2.14. The van der Waals surface area contributed by atoms with Crippen molar-refractivity contribution in [1.82, 2.24) is 4.90 Å². The maximum absolute atomic E-state index is 13.1. The average molecular weight is 399 g/mol. The van der Waals surface area contributed by atoms with Crippen molar-refractivity contribution < 1.29 is 22.8 Å². The molecule has 0 saturated heterocycles. The molecule has 0 atom stereocenters. The molecule has 0 saturated carbocycles. The molecule has 0 unspecified atom stereocenters. The molecular weight excluding hydrogens is 381 g/mol. The summed E-state index contributed by atoms with van der Waals surface area (Å²) in [5, 5.41) is 2.12. The Labute approximate surface area is 159 Å². The van der Waals surface area contributed by atoms with Crippen LogP contribution in [-0.4, -0.2) is 23.3 Å². The van der Waals surface area contributed by atoms with E-state index in [4.69, 9.17) is 11.6 Å². The van der Waals surface area contributed by atoms with Crippen LogP contribution in [0.15, 0.2) is 42.5 Å². The smallest absolute Gasteiger partial charge is 0.329 e. The Hall–Kier alpha value is -2.54. The molecule has 2 aromatic carbocycles. The summed E-state index contributed by atoms with van der Waals surface area (Å²) in [6.45, 7) is 3.00. The molecule has 0 aliphatic heterocycles. The maximum Gasteiger partial charge on any atom is 0.418 e. The van der Waals surface area contributed by atoms with E-state index in [1.54, 1.807) is 0 Å². The summed E-state index contributed by atoms with van der Waals surface area (Å²) in [5.74, 6) is -1.09. The second kappa shape index (κ2) is 8.43. The van der Waals surface area contributed by atoms with E-state index >= 15 is 0 Å². The van der Waals surface area contributed by atoms with Crippen LogP contribution in [0.2, 0.25) is 5.02 Å². The van der Waals surface area contributed by atoms with Crippen molar-refractivity contribution in [1.29, 1.82) is 0 Å². The number of carbonyl (C=O) groups is 2. The number of carbonyl (C=O) groups excluding carboxylic acids is 2. The van der Waals surface area contributed by atoms with Gasteiger partial charge in [-0.05, 0) is 30.7 Å². The molecular formula is C19H18ClF3N2O2. The standard InChI is InChI=1S/C19H18ClF3N2O2/c1-12-4-3-5-14(8-12)10-25(13(2)26)11-18(27)24-17-7-6-15(20)9-16(17)19(21,22)23/h3-9H,10-11H2,1-2H3,(H,24,27). The van der Waals surface area contributed by atoms with E-state index in [0.29, 0.717) is 0 Å². The largest absolute Gasteiger partial charge is 0.418 e. The maximum atomic E-state index is 13.1. The minimum atomic E-state index is -4.67. The highest BCUT2D eigenvalue weighted by molar-refractivity contribution is 6.30. The normalized spacial score (nSPS) is 11.2. The number of hydrogen-bond acceptors (Lipinski definition) is 2. The van der Waals surface area contributed by atoms with E-state index in [1.807, 2.05) is 31.2 Å². The zero-order chi connectivity index (χ0) is 20.2. The van der Waals surface area contributed by atoms with Crippen molar-refractivity contribution >= 4 is 29.1 Å². The van der Waals surface area contributed by atoms with Gasteiger partial charge in [0.1, 0.15) is 6.54 Å². The summed E-state index contributed by atoms with van der Waals surface area (Å²) in [7, 11) is 0. The highest BCUT2D eigenvalue weighted by Crippen LogP contribution is 2.36. The lowest BCUT2D eigenvalue weighted by Crippen LogP contribution is -2.36. The molecule has 8 heteroatoms. The number of nitrogens with one attached hydrogen (secondary N) is 1. The number of aryl methyl sites for hydroxylation is 1. The molecule has 0 aromatic heterocycles. The first-order valence-electron chi connectivity index (χ1n) is 8.04. The van der Waals surface area contributed by atoms with Gasteiger partial charge in [-0.25, -0.2) is 0 Å². The molecule has 0 heterocycles. The molecule has 0 bridgehead atoms. The number of amides is 2. The van der Waals surface area contributed by atoms with Crippen molar-refractivity contribution in [3.05, 3.63) is 64.2 Å². The Morgan fingerprint density at radius 1 is 1.15 bits per heavy atom. The van der Waals surface area contributed by atoms with Gasteiger partial charge in [-0.2, -0.15) is 13.2 Å². The van der Waals surface area contributed by atoms with Crippen LogP contribution in [0.5, 0.6) is 0 Å². The monoisotopic (exact) mass is 398 g/mol. The number of hydrogen-bond donors (Lipinski definition) is 1. The molecule has 2 aromatic rings. The number of benzene rings is 2. The Kier molecular flexibility index (Phi) is 6.49. The van der Waals surface area contributed by atoms with Crippen LogP contribution < -0.4 is 5.32 Å². The first kappa shape index (κ1) is 20.8. The van der Waals surface area contributed by atoms with Crippen LogP contribution in [0.4, 0.5) is 18.9 Å². The summed E-state index contributed by atoms with van der Waals surface area (Å²) < 4.78 is 39.4. The van der Waals surface area contributed by atoms with E-state index in [0.717, 1.165) is 23.3 Å². The molecule has 4 nitrogen and oxygen atoms in total. The second-order valence-corrected chi connectivity index (χ2v) is 6.54. The van der Waals surface area contributed by atoms with Crippen molar-refractivity contribution in [2.45, 2.75) is 26.6 Å². The highest BCUT2D eigenvalue weighted by Gasteiger charge is 2.34. The fourth-order valence-corrected chi connectivity index (χ4v) is 2.70. The quantitative estimate of drug-likeness (QED) is 0.796. The third-order valence-electron chi connectivity index (χ3n) is 3.80. The van der Waals surface area contributed by atoms with Crippen molar-refractivity contribution in [2.75, 3.05) is 11.9 Å². The van der Waals surface area contributed by atoms with Crippen LogP contribution in [0, 0.1) is 6.92 Å². The van der Waals surface area contributed by atoms with Gasteiger partial charge in [0, 0.05) is 18.5 Å². The molecule has 0 spiro atoms. The van der Waals surface area contributed by atoms with E-state index in [-0.39, 0.29) is 24.0 Å². The van der Waals surface area contributed by atoms with Gasteiger partial charge in [0.25, 0.3) is 0 Å². The van der Waals surface area contributed by atoms with Crippen LogP contribution >= 0.6 is 11.6 Å². The molecule has 27 heavy (non-hydrogen) atoms. The zero-order valence-corrected chi connectivity index (χ0v) is 15.5. The number of halogens is 4. The van der Waals surface area contributed by atoms with Crippen molar-refractivity contribution in [3.63, 3.8) is 0 Å². The Morgan fingerprint density at radius 3 is 2.44 bits per heavy atom. The highest BCUT2D eigenvalue weighted by atomic mass is 35.5. The van der Waals surface area contributed by atoms with Crippen molar-refractivity contribution in [3.8, 4) is 0 Å². The van der Waals surface area contributed by atoms with E-state index < -0.39 is 23.3 Å². The van der Waals surface area contributed by atoms with Gasteiger partial charge < -0.3 is 10.2 Å². The van der Waals surface area contributed by atoms with Gasteiger partial charge in [-0.3, -0.25) is 9.59 Å². The summed E-state index contributed by atoms with van der Waals surface area (Å²) in [6.07, 6.45) is -4.67. The summed E-state index contributed by atoms with van der Waals surface area (Å²) in [4.78, 5) is 25.3. The van der Waals surface area contributed by atoms with E-state index in [1.165, 1.54) is 17.9 Å². The molecule has 0 aliphatic rings. The first-order valence-corrected chi connectivity index (χ1v) is 8.41. The Morgan fingerprint density at radius 2 is 1.85 bits per heavy atom. The van der Waals surface area contributed by atoms with Gasteiger partial charge in [-0.1, -0.05) is 41.4 Å². The lowest BCUT2D eigenvalue weighted by atomic mass is 10.1. The molecule has 0 radical (unpaired) electrons. The third-order valence-corrected chi connectivity index (χ3v) is 4.03. The van der Waals surface area contributed by atoms with Gasteiger partial charge in [0.15, 0.2) is 0 Å². The fraction of sp³-hybridized carbons (Fsp3) is 0.263. The molecule has 0 fully saturated rings. The van der Waals surface area contributed by atoms with Crippen LogP contribution in [0.1, 0.15) is 23.6 Å². The lowest BCUT2D eigenvalue weighted by Gasteiger charge is -2.21. The average Bonchev–Trinajstić information content (AvgIpc) is 2.55. The summed E-state index contributed by atoms with van der Waals surface area (Å²) in [5.41, 5.74) is 0.365. The lowest BCUT2D eigenvalue weighted by molar-refractivity contribution is -0.137. The number of rotatable bonds is 5. The second-order valence-electron chi connectivity index (χ2n) is 6.10. The third kappa shape index (κ3) is 5.99. The van der Waals surface area contributed by atoms with Crippen LogP contribution in [-0.2, 0) is 22.3 Å². The fourth-order valence-electron chi connectivity index (χ4n) is 2.53. The first-order chi connectivity index (χ1) is 12.6. The minimum absolute atomic E-state index is 0.0925. The predicted molar refractivity (Wildman–Crippen MR) is 97.4 cm³/mol.